The molecule has 1 amide bonds. The molecule has 7 N–H and O–H groups in total. The summed E-state index contributed by atoms with van der Waals surface area (Å²) in [4.78, 5) is 72.5. The zero-order valence-electron chi connectivity index (χ0n) is 74.0. The number of pyridine rings is 5. The van der Waals surface area contributed by atoms with Crippen LogP contribution in [0.4, 0.5) is 60.3 Å². The van der Waals surface area contributed by atoms with Crippen LogP contribution >= 0.6 is 56.7 Å². The van der Waals surface area contributed by atoms with Crippen molar-refractivity contribution in [2.45, 2.75) is 63.1 Å². The fourth-order valence-electron chi connectivity index (χ4n) is 14.7. The standard InChI is InChI=1S/C25H25N7O2S.C20H20N6OS.C20H19N5O2S.2C16H13N5OS/c1-2-22(33)32-15-7-6-8-17(16-32)27-24-26-14-13-20(29-24)30-25-28-19-11-12-21(31-23(19)35-25)34-18-9-4-3-5-10-18;1-2-4-16(5-3-1)27-18-7-6-17-19(25-18)28-20(24-17)23-14-12-22-26(13-14)15-8-10-21-11-9-15;1-2-4-16(5-3-1)27-18-7-6-17-19(24-18)28-20(23-17)22-14-12-21-25(13-14)15-8-10-26-11-9-15;1-21-10-11(9-17-21)18-16-19-13-7-8-14(20-15(13)23-16)22-12-5-3-2-4-6-12;1-21-10-9-13(20-21)18-16-17-12-7-8-14(19-15(12)23-16)22-11-5-3-2-4-6-11/h2-5,9-14,17H,1,6-8,15-16H2,(H2,26,27,28,29,30);1-7,12-13,15,21H,8-11H2,(H,23,24);1-7,12-13,15H,8-11H2,(H,22,23);2-10H,1H3,(H,18,19);2-10H,1H3,(H,17,18,20). The Bertz CT molecular complexity index is 7040. The van der Waals surface area contributed by atoms with Crippen LogP contribution < -0.4 is 60.9 Å². The molecule has 3 aliphatic heterocycles. The van der Waals surface area contributed by atoms with Gasteiger partial charge in [0.05, 0.1) is 47.7 Å². The number of nitrogens with one attached hydrogen (secondary N) is 7. The Hall–Kier alpha value is -15.9. The Morgan fingerprint density at radius 2 is 0.788 bits per heavy atom. The van der Waals surface area contributed by atoms with E-state index in [1.165, 1.54) is 62.8 Å². The van der Waals surface area contributed by atoms with Gasteiger partial charge in [-0.3, -0.25) is 23.5 Å². The Morgan fingerprint density at radius 1 is 0.409 bits per heavy atom. The van der Waals surface area contributed by atoms with Crippen LogP contribution in [0.2, 0.25) is 0 Å². The number of para-hydroxylation sites is 5. The highest BCUT2D eigenvalue weighted by Gasteiger charge is 2.24. The zero-order valence-corrected chi connectivity index (χ0v) is 78.1. The summed E-state index contributed by atoms with van der Waals surface area (Å²) in [7, 11) is 3.75. The van der Waals surface area contributed by atoms with Gasteiger partial charge in [-0.1, -0.05) is 154 Å². The highest BCUT2D eigenvalue weighted by atomic mass is 32.1. The van der Waals surface area contributed by atoms with E-state index in [1.807, 2.05) is 267 Å². The van der Waals surface area contributed by atoms with Crippen molar-refractivity contribution in [3.8, 4) is 58.1 Å². The second-order valence-corrected chi connectivity index (χ2v) is 36.2. The van der Waals surface area contributed by atoms with Crippen molar-refractivity contribution in [2.24, 2.45) is 14.1 Å². The summed E-state index contributed by atoms with van der Waals surface area (Å²) >= 11 is 7.35. The lowest BCUT2D eigenvalue weighted by Crippen LogP contribution is -2.38. The average molecular weight is 1920 g/mol. The number of hydrogen-bond donors (Lipinski definition) is 7. The summed E-state index contributed by atoms with van der Waals surface area (Å²) in [6, 6.07) is 71.3. The second-order valence-electron chi connectivity index (χ2n) is 31.3. The van der Waals surface area contributed by atoms with Gasteiger partial charge >= 0.3 is 0 Å². The number of anilines is 11. The van der Waals surface area contributed by atoms with Crippen molar-refractivity contribution in [3.05, 3.63) is 287 Å². The molecule has 20 aromatic rings. The summed E-state index contributed by atoms with van der Waals surface area (Å²) in [5.74, 6) is 8.36. The third-order valence-corrected chi connectivity index (χ3v) is 25.6. The van der Waals surface area contributed by atoms with Crippen LogP contribution in [0.1, 0.15) is 57.0 Å². The molecule has 5 aromatic carbocycles. The number of rotatable bonds is 25. The number of likely N-dealkylation sites (tertiary alicyclic amines) is 1. The highest BCUT2D eigenvalue weighted by molar-refractivity contribution is 7.23. The predicted molar refractivity (Wildman–Crippen MR) is 537 cm³/mol. The third kappa shape index (κ3) is 24.8. The number of aromatic nitrogens is 20. The van der Waals surface area contributed by atoms with E-state index in [4.69, 9.17) is 28.4 Å². The molecule has 0 radical (unpaired) electrons. The van der Waals surface area contributed by atoms with Gasteiger partial charge in [0.1, 0.15) is 86.3 Å². The van der Waals surface area contributed by atoms with Gasteiger partial charge < -0.3 is 70.5 Å². The maximum atomic E-state index is 12.1. The summed E-state index contributed by atoms with van der Waals surface area (Å²) < 4.78 is 41.9. The molecule has 18 heterocycles. The number of aryl methyl sites for hydroxylation is 2. The lowest BCUT2D eigenvalue weighted by atomic mass is 10.1. The van der Waals surface area contributed by atoms with E-state index < -0.39 is 0 Å². The van der Waals surface area contributed by atoms with E-state index in [2.05, 4.69) is 135 Å². The van der Waals surface area contributed by atoms with E-state index in [9.17, 15) is 4.79 Å². The monoisotopic (exact) mass is 1920 g/mol. The first-order valence-corrected chi connectivity index (χ1v) is 48.2. The normalized spacial score (nSPS) is 13.8. The fourth-order valence-corrected chi connectivity index (χ4v) is 18.9. The first kappa shape index (κ1) is 90.3. The molecule has 137 heavy (non-hydrogen) atoms. The van der Waals surface area contributed by atoms with Gasteiger partial charge in [-0.25, -0.2) is 54.8 Å². The van der Waals surface area contributed by atoms with Crippen LogP contribution in [0, 0.1) is 0 Å². The molecule has 0 aliphatic carbocycles. The summed E-state index contributed by atoms with van der Waals surface area (Å²) in [5, 5.41) is 44.3. The van der Waals surface area contributed by atoms with Crippen LogP contribution in [-0.2, 0) is 23.6 Å². The van der Waals surface area contributed by atoms with Crippen molar-refractivity contribution in [1.29, 1.82) is 0 Å². The Balaban J connectivity index is 0.000000110. The van der Waals surface area contributed by atoms with E-state index in [0.717, 1.165) is 202 Å². The van der Waals surface area contributed by atoms with Gasteiger partial charge in [0, 0.05) is 114 Å². The topological polar surface area (TPSA) is 386 Å². The number of benzene rings is 5. The maximum absolute atomic E-state index is 12.1. The number of carbonyl (C=O) groups is 1. The third-order valence-electron chi connectivity index (χ3n) is 21.2. The van der Waals surface area contributed by atoms with Crippen LogP contribution in [-0.4, -0.2) is 155 Å². The molecule has 3 aliphatic rings. The van der Waals surface area contributed by atoms with E-state index in [1.54, 1.807) is 33.9 Å². The quantitative estimate of drug-likeness (QED) is 0.0261. The number of nitrogens with zero attached hydrogens (tertiary/aromatic N) is 21. The van der Waals surface area contributed by atoms with Crippen LogP contribution in [0.25, 0.3) is 51.7 Å². The van der Waals surface area contributed by atoms with Gasteiger partial charge in [0.15, 0.2) is 31.5 Å². The predicted octanol–water partition coefficient (Wildman–Crippen LogP) is 22.0. The summed E-state index contributed by atoms with van der Waals surface area (Å²) in [6.07, 6.45) is 23.5. The number of amides is 1. The molecule has 0 bridgehead atoms. The zero-order chi connectivity index (χ0) is 92.9. The van der Waals surface area contributed by atoms with Gasteiger partial charge in [-0.05, 0) is 161 Å². The lowest BCUT2D eigenvalue weighted by molar-refractivity contribution is -0.126. The minimum atomic E-state index is -0.0446. The minimum absolute atomic E-state index is 0.0446. The summed E-state index contributed by atoms with van der Waals surface area (Å²) in [6.45, 7) is 8.63. The number of fused-ring (bicyclic) bond motifs is 5. The molecule has 1 unspecified atom stereocenters. The molecule has 0 spiro atoms. The van der Waals surface area contributed by atoms with Crippen molar-refractivity contribution in [2.75, 3.05) is 71.3 Å². The molecule has 0 saturated carbocycles. The lowest BCUT2D eigenvalue weighted by Gasteiger charge is -2.24. The molecule has 3 saturated heterocycles. The number of hydrogen-bond acceptors (Lipinski definition) is 35. The Morgan fingerprint density at radius 3 is 1.17 bits per heavy atom. The van der Waals surface area contributed by atoms with Crippen molar-refractivity contribution in [1.82, 2.24) is 109 Å². The Kier molecular flexibility index (Phi) is 28.9. The Labute approximate surface area is 804 Å². The molecule has 690 valence electrons. The van der Waals surface area contributed by atoms with Crippen LogP contribution in [0.5, 0.6) is 58.1 Å². The SMILES string of the molecule is C=CC(=O)N1CCCCC(Nc2nccc(Nc3nc4ccc(Oc5ccccc5)nc4s3)n2)C1.Cn1cc(Nc2nc3ccc(Oc4ccccc4)nc3s2)cn1.Cn1ccc(Nc2nc3ccc(Oc4ccccc4)nc3s2)n1.c1ccc(Oc2ccc3nc(Nc4cnn(C5CCNCC5)c4)sc3n2)cc1.c1ccc(Oc2ccc3nc(Nc4cnn(C5CCOCC5)c4)sc3n2)cc1. The number of ether oxygens (including phenoxy) is 6. The van der Waals surface area contributed by atoms with Gasteiger partial charge in [-0.2, -0.15) is 25.4 Å². The van der Waals surface area contributed by atoms with Crippen molar-refractivity contribution < 1.29 is 33.2 Å². The summed E-state index contributed by atoms with van der Waals surface area (Å²) in [5.41, 5.74) is 6.88. The molecular formula is C97H90N28O7S5. The van der Waals surface area contributed by atoms with Gasteiger partial charge in [0.25, 0.3) is 0 Å². The van der Waals surface area contributed by atoms with Gasteiger partial charge in [-0.15, -0.1) is 0 Å². The average Bonchev–Trinajstić information content (AvgIpc) is 1.69. The van der Waals surface area contributed by atoms with Crippen LogP contribution in [0.15, 0.2) is 287 Å². The maximum Gasteiger partial charge on any atom is 0.246 e. The van der Waals surface area contributed by atoms with E-state index in [0.29, 0.717) is 64.9 Å². The smallest absolute Gasteiger partial charge is 0.246 e. The highest BCUT2D eigenvalue weighted by Crippen LogP contribution is 2.38. The first-order chi connectivity index (χ1) is 67.3. The molecule has 23 rings (SSSR count). The molecule has 1 atom stereocenters. The van der Waals surface area contributed by atoms with E-state index in [-0.39, 0.29) is 11.9 Å². The molecular weight excluding hydrogens is 1830 g/mol. The molecule has 15 aromatic heterocycles. The van der Waals surface area contributed by atoms with Crippen molar-refractivity contribution in [3.63, 3.8) is 0 Å². The number of carbonyl (C=O) groups excluding carboxylic acids is 1. The molecule has 35 nitrogen and oxygen atoms in total. The number of thiazole rings is 5. The fraction of sp³-hybridized carbons (Fsp3) is 0.186. The second kappa shape index (κ2) is 43.9. The largest absolute Gasteiger partial charge is 0.439 e. The first-order valence-electron chi connectivity index (χ1n) is 44.1. The minimum Gasteiger partial charge on any atom is -0.439 e. The van der Waals surface area contributed by atoms with Gasteiger partial charge in [0.2, 0.25) is 41.3 Å². The van der Waals surface area contributed by atoms with Crippen molar-refractivity contribution >= 4 is 175 Å². The molecule has 3 fully saturated rings. The van der Waals surface area contributed by atoms with Crippen LogP contribution in [0.3, 0.4) is 0 Å². The van der Waals surface area contributed by atoms with E-state index >= 15 is 0 Å². The molecule has 40 heteroatoms. The number of piperidine rings is 1.